The summed E-state index contributed by atoms with van der Waals surface area (Å²) in [5.41, 5.74) is -1.96. The first kappa shape index (κ1) is 25.2. The summed E-state index contributed by atoms with van der Waals surface area (Å²) in [4.78, 5) is 51.3. The standard InChI is InChI=1S/C24H27F3O8/c1-11(28)34-15-8-14(20(30)32-4)22(2)6-5-13-21(31)35-16(9-23(13,3)19(22)18(15)29)12-7-17(33-10-12)24(25,26)27/h7,10,13-16,19H,5-6,8-9H2,1-4H3/t13-,14-,15-,16+,19-,22-,23-/m0/s1. The summed E-state index contributed by atoms with van der Waals surface area (Å²) < 4.78 is 59.7. The Morgan fingerprint density at radius 1 is 1.17 bits per heavy atom. The first-order chi connectivity index (χ1) is 16.2. The Morgan fingerprint density at radius 3 is 2.43 bits per heavy atom. The first-order valence-corrected chi connectivity index (χ1v) is 11.4. The van der Waals surface area contributed by atoms with Crippen LogP contribution in [0.5, 0.6) is 0 Å². The van der Waals surface area contributed by atoms with E-state index in [1.807, 2.05) is 0 Å². The van der Waals surface area contributed by atoms with Gasteiger partial charge in [-0.3, -0.25) is 19.2 Å². The van der Waals surface area contributed by atoms with E-state index in [1.54, 1.807) is 13.8 Å². The molecule has 0 aromatic carbocycles. The van der Waals surface area contributed by atoms with E-state index >= 15 is 0 Å². The minimum Gasteiger partial charge on any atom is -0.469 e. The van der Waals surface area contributed by atoms with Crippen molar-refractivity contribution in [3.05, 3.63) is 23.7 Å². The Labute approximate surface area is 199 Å². The van der Waals surface area contributed by atoms with Crippen LogP contribution in [0, 0.1) is 28.6 Å². The monoisotopic (exact) mass is 500 g/mol. The van der Waals surface area contributed by atoms with E-state index < -0.39 is 76.4 Å². The van der Waals surface area contributed by atoms with E-state index in [0.29, 0.717) is 12.8 Å². The van der Waals surface area contributed by atoms with Crippen molar-refractivity contribution < 1.29 is 51.0 Å². The maximum absolute atomic E-state index is 13.8. The number of rotatable bonds is 3. The van der Waals surface area contributed by atoms with E-state index in [1.165, 1.54) is 7.11 Å². The molecule has 1 aliphatic heterocycles. The number of ketones is 1. The van der Waals surface area contributed by atoms with Crippen LogP contribution in [0.25, 0.3) is 0 Å². The number of halogens is 3. The molecule has 7 atom stereocenters. The molecule has 0 amide bonds. The average Bonchev–Trinajstić information content (AvgIpc) is 3.25. The number of fused-ring (bicyclic) bond motifs is 3. The minimum atomic E-state index is -4.71. The molecule has 35 heavy (non-hydrogen) atoms. The lowest BCUT2D eigenvalue weighted by atomic mass is 9.43. The minimum absolute atomic E-state index is 0.0296. The van der Waals surface area contributed by atoms with Crippen molar-refractivity contribution in [1.29, 1.82) is 0 Å². The third kappa shape index (κ3) is 4.02. The molecule has 0 unspecified atom stereocenters. The first-order valence-electron chi connectivity index (χ1n) is 11.4. The van der Waals surface area contributed by atoms with Crippen LogP contribution in [0.4, 0.5) is 13.2 Å². The van der Waals surface area contributed by atoms with Crippen LogP contribution in [-0.4, -0.2) is 36.9 Å². The van der Waals surface area contributed by atoms with E-state index in [4.69, 9.17) is 14.2 Å². The molecular weight excluding hydrogens is 473 g/mol. The quantitative estimate of drug-likeness (QED) is 0.452. The van der Waals surface area contributed by atoms with Gasteiger partial charge in [-0.15, -0.1) is 0 Å². The molecule has 0 bridgehead atoms. The number of ether oxygens (including phenoxy) is 3. The van der Waals surface area contributed by atoms with Gasteiger partial charge in [0, 0.05) is 24.8 Å². The molecule has 0 spiro atoms. The van der Waals surface area contributed by atoms with Gasteiger partial charge in [-0.25, -0.2) is 0 Å². The van der Waals surface area contributed by atoms with Gasteiger partial charge in [0.25, 0.3) is 0 Å². The fraction of sp³-hybridized carbons (Fsp3) is 0.667. The second-order valence-corrected chi connectivity index (χ2v) is 10.2. The van der Waals surface area contributed by atoms with E-state index in [9.17, 15) is 32.3 Å². The van der Waals surface area contributed by atoms with Gasteiger partial charge in [-0.1, -0.05) is 13.8 Å². The lowest BCUT2D eigenvalue weighted by Gasteiger charge is -2.60. The van der Waals surface area contributed by atoms with Crippen LogP contribution in [0.1, 0.15) is 63.9 Å². The maximum atomic E-state index is 13.8. The number of Topliss-reactive ketones (excluding diaryl/α,β-unsaturated/α-hetero) is 1. The second kappa shape index (κ2) is 8.37. The van der Waals surface area contributed by atoms with Gasteiger partial charge in [0.05, 0.1) is 25.2 Å². The van der Waals surface area contributed by atoms with Gasteiger partial charge in [0.15, 0.2) is 11.9 Å². The highest BCUT2D eigenvalue weighted by atomic mass is 19.4. The Balaban J connectivity index is 1.77. The molecule has 3 fully saturated rings. The van der Waals surface area contributed by atoms with Gasteiger partial charge in [0.1, 0.15) is 6.10 Å². The molecule has 2 saturated carbocycles. The number of carbonyl (C=O) groups excluding carboxylic acids is 4. The number of esters is 3. The van der Waals surface area contributed by atoms with Crippen molar-refractivity contribution in [1.82, 2.24) is 0 Å². The van der Waals surface area contributed by atoms with Crippen molar-refractivity contribution in [3.63, 3.8) is 0 Å². The highest BCUT2D eigenvalue weighted by Gasteiger charge is 2.67. The second-order valence-electron chi connectivity index (χ2n) is 10.2. The molecule has 1 saturated heterocycles. The van der Waals surface area contributed by atoms with E-state index in [2.05, 4.69) is 4.42 Å². The van der Waals surface area contributed by atoms with Crippen molar-refractivity contribution in [3.8, 4) is 0 Å². The topological polar surface area (TPSA) is 109 Å². The number of methoxy groups -OCH3 is 1. The largest absolute Gasteiger partial charge is 0.469 e. The van der Waals surface area contributed by atoms with Gasteiger partial charge < -0.3 is 18.6 Å². The number of alkyl halides is 3. The summed E-state index contributed by atoms with van der Waals surface area (Å²) in [5.74, 6) is -5.90. The van der Waals surface area contributed by atoms with Crippen LogP contribution >= 0.6 is 0 Å². The maximum Gasteiger partial charge on any atom is 0.449 e. The summed E-state index contributed by atoms with van der Waals surface area (Å²) >= 11 is 0. The molecule has 11 heteroatoms. The summed E-state index contributed by atoms with van der Waals surface area (Å²) in [7, 11) is 1.23. The molecule has 2 aliphatic carbocycles. The number of cyclic esters (lactones) is 1. The SMILES string of the molecule is COC(=O)[C@@H]1C[C@H](OC(C)=O)C(=O)[C@H]2[C@@]1(C)CC[C@H]1C(=O)O[C@@H](c3coc(C(F)(F)F)c3)C[C@]21C. The van der Waals surface area contributed by atoms with Crippen molar-refractivity contribution in [2.75, 3.05) is 7.11 Å². The summed E-state index contributed by atoms with van der Waals surface area (Å²) in [6, 6.07) is 0.783. The molecule has 1 aromatic rings. The molecule has 192 valence electrons. The molecule has 4 rings (SSSR count). The van der Waals surface area contributed by atoms with Gasteiger partial charge >= 0.3 is 24.1 Å². The summed E-state index contributed by atoms with van der Waals surface area (Å²) in [6.45, 7) is 4.67. The van der Waals surface area contributed by atoms with Gasteiger partial charge in [0.2, 0.25) is 5.76 Å². The molecule has 2 heterocycles. The van der Waals surface area contributed by atoms with E-state index in [-0.39, 0.29) is 18.4 Å². The number of furan rings is 1. The van der Waals surface area contributed by atoms with Crippen molar-refractivity contribution >= 4 is 23.7 Å². The Hall–Kier alpha value is -2.85. The normalized spacial score (nSPS) is 37.1. The number of hydrogen-bond acceptors (Lipinski definition) is 8. The Kier molecular flexibility index (Phi) is 6.04. The van der Waals surface area contributed by atoms with Gasteiger partial charge in [-0.05, 0) is 36.2 Å². The third-order valence-corrected chi connectivity index (χ3v) is 8.17. The molecular formula is C24H27F3O8. The third-order valence-electron chi connectivity index (χ3n) is 8.17. The van der Waals surface area contributed by atoms with Gasteiger partial charge in [-0.2, -0.15) is 13.2 Å². The lowest BCUT2D eigenvalue weighted by Crippen LogP contribution is -2.64. The highest BCUT2D eigenvalue weighted by molar-refractivity contribution is 5.93. The van der Waals surface area contributed by atoms with Crippen LogP contribution in [0.2, 0.25) is 0 Å². The molecule has 0 N–H and O–H groups in total. The number of carbonyl (C=O) groups is 4. The fourth-order valence-electron chi connectivity index (χ4n) is 6.67. The van der Waals surface area contributed by atoms with Crippen LogP contribution in [0.15, 0.2) is 16.7 Å². The molecule has 1 aromatic heterocycles. The van der Waals surface area contributed by atoms with Crippen LogP contribution in [0.3, 0.4) is 0 Å². The van der Waals surface area contributed by atoms with Crippen LogP contribution in [-0.2, 0) is 39.6 Å². The van der Waals surface area contributed by atoms with Crippen LogP contribution < -0.4 is 0 Å². The zero-order valence-corrected chi connectivity index (χ0v) is 19.8. The number of hydrogen-bond donors (Lipinski definition) is 0. The van der Waals surface area contributed by atoms with Crippen molar-refractivity contribution in [2.24, 2.45) is 28.6 Å². The smallest absolute Gasteiger partial charge is 0.449 e. The Morgan fingerprint density at radius 2 is 1.86 bits per heavy atom. The predicted octanol–water partition coefficient (Wildman–Crippen LogP) is 4.02. The molecule has 3 aliphatic rings. The van der Waals surface area contributed by atoms with E-state index in [0.717, 1.165) is 19.3 Å². The highest BCUT2D eigenvalue weighted by Crippen LogP contribution is 2.65. The Bertz CT molecular complexity index is 1060. The zero-order valence-electron chi connectivity index (χ0n) is 19.8. The molecule has 8 nitrogen and oxygen atoms in total. The van der Waals surface area contributed by atoms with Crippen molar-refractivity contribution in [2.45, 2.75) is 64.8 Å². The lowest BCUT2D eigenvalue weighted by molar-refractivity contribution is -0.210. The molecule has 0 radical (unpaired) electrons. The summed E-state index contributed by atoms with van der Waals surface area (Å²) in [5, 5.41) is 0. The zero-order chi connectivity index (χ0) is 25.9. The summed E-state index contributed by atoms with van der Waals surface area (Å²) in [6.07, 6.45) is -5.42. The predicted molar refractivity (Wildman–Crippen MR) is 110 cm³/mol. The fourth-order valence-corrected chi connectivity index (χ4v) is 6.67. The average molecular weight is 500 g/mol.